The van der Waals surface area contributed by atoms with E-state index in [9.17, 15) is 10.1 Å². The Bertz CT molecular complexity index is 679. The van der Waals surface area contributed by atoms with Crippen molar-refractivity contribution >= 4 is 0 Å². The van der Waals surface area contributed by atoms with Crippen LogP contribution in [0.15, 0.2) is 48.5 Å². The first-order valence-electron chi connectivity index (χ1n) is 8.94. The maximum atomic E-state index is 11.5. The average molecular weight is 341 g/mol. The minimum absolute atomic E-state index is 0.205. The Labute approximate surface area is 150 Å². The molecule has 0 aliphatic rings. The second kappa shape index (κ2) is 8.65. The Morgan fingerprint density at radius 1 is 0.920 bits per heavy atom. The summed E-state index contributed by atoms with van der Waals surface area (Å²) in [4.78, 5) is 11.3. The number of rotatable bonds is 8. The van der Waals surface area contributed by atoms with Gasteiger partial charge in [0.2, 0.25) is 6.04 Å². The van der Waals surface area contributed by atoms with E-state index in [1.165, 1.54) is 5.56 Å². The Hall–Kier alpha value is -2.36. The zero-order valence-electron chi connectivity index (χ0n) is 15.4. The quantitative estimate of drug-likeness (QED) is 0.477. The maximum Gasteiger partial charge on any atom is 0.221 e. The molecule has 25 heavy (non-hydrogen) atoms. The van der Waals surface area contributed by atoms with Crippen LogP contribution < -0.4 is 4.74 Å². The molecule has 0 N–H and O–H groups in total. The topological polar surface area (TPSA) is 52.4 Å². The molecule has 2 rings (SSSR count). The molecule has 0 bridgehead atoms. The molecule has 0 radical (unpaired) electrons. The van der Waals surface area contributed by atoms with Crippen LogP contribution in [0.25, 0.3) is 0 Å². The number of nitrogens with zero attached hydrogens (tertiary/aromatic N) is 1. The van der Waals surface area contributed by atoms with E-state index in [-0.39, 0.29) is 10.8 Å². The van der Waals surface area contributed by atoms with Crippen LogP contribution in [0.4, 0.5) is 0 Å². The van der Waals surface area contributed by atoms with E-state index in [2.05, 4.69) is 26.0 Å². The summed E-state index contributed by atoms with van der Waals surface area (Å²) >= 11 is 0. The van der Waals surface area contributed by atoms with E-state index in [1.807, 2.05) is 43.3 Å². The van der Waals surface area contributed by atoms with Crippen molar-refractivity contribution < 1.29 is 9.66 Å². The Morgan fingerprint density at radius 2 is 1.40 bits per heavy atom. The minimum atomic E-state index is -0.701. The highest BCUT2D eigenvalue weighted by Crippen LogP contribution is 2.32. The van der Waals surface area contributed by atoms with Crippen molar-refractivity contribution in [2.45, 2.75) is 52.0 Å². The van der Waals surface area contributed by atoms with Crippen LogP contribution in [0.2, 0.25) is 0 Å². The maximum absolute atomic E-state index is 11.5. The Kier molecular flexibility index (Phi) is 6.57. The summed E-state index contributed by atoms with van der Waals surface area (Å²) in [6.45, 7) is 8.56. The second-order valence-electron chi connectivity index (χ2n) is 6.48. The fourth-order valence-corrected chi connectivity index (χ4v) is 3.08. The number of hydrogen-bond acceptors (Lipinski definition) is 3. The first kappa shape index (κ1) is 19.0. The molecule has 0 aromatic heterocycles. The van der Waals surface area contributed by atoms with Gasteiger partial charge in [-0.25, -0.2) is 0 Å². The standard InChI is InChI=1S/C21H27NO3/c1-5-15(3)17-7-9-18(10-8-17)21(16(4)22(23)24)19-11-13-20(14-12-19)25-6-2/h7-16,21H,5-6H2,1-4H3. The molecule has 0 saturated carbocycles. The van der Waals surface area contributed by atoms with Crippen molar-refractivity contribution in [3.05, 3.63) is 75.3 Å². The molecule has 0 heterocycles. The van der Waals surface area contributed by atoms with E-state index < -0.39 is 6.04 Å². The molecule has 2 aromatic carbocycles. The van der Waals surface area contributed by atoms with Crippen molar-refractivity contribution in [2.75, 3.05) is 6.61 Å². The van der Waals surface area contributed by atoms with Gasteiger partial charge in [0.25, 0.3) is 0 Å². The largest absolute Gasteiger partial charge is 0.494 e. The first-order valence-corrected chi connectivity index (χ1v) is 8.94. The van der Waals surface area contributed by atoms with Crippen LogP contribution in [-0.2, 0) is 0 Å². The zero-order valence-corrected chi connectivity index (χ0v) is 15.4. The highest BCUT2D eigenvalue weighted by atomic mass is 16.6. The van der Waals surface area contributed by atoms with E-state index in [0.29, 0.717) is 12.5 Å². The van der Waals surface area contributed by atoms with Gasteiger partial charge < -0.3 is 4.74 Å². The summed E-state index contributed by atoms with van der Waals surface area (Å²) in [6.07, 6.45) is 1.08. The van der Waals surface area contributed by atoms with Crippen LogP contribution in [-0.4, -0.2) is 17.6 Å². The molecule has 0 spiro atoms. The van der Waals surface area contributed by atoms with Gasteiger partial charge in [0, 0.05) is 11.8 Å². The highest BCUT2D eigenvalue weighted by molar-refractivity contribution is 5.38. The number of hydrogen-bond donors (Lipinski definition) is 0. The van der Waals surface area contributed by atoms with Crippen LogP contribution in [0, 0.1) is 10.1 Å². The third kappa shape index (κ3) is 4.59. The van der Waals surface area contributed by atoms with Gasteiger partial charge in [-0.05, 0) is 48.1 Å². The van der Waals surface area contributed by atoms with Gasteiger partial charge in [-0.2, -0.15) is 0 Å². The van der Waals surface area contributed by atoms with E-state index in [4.69, 9.17) is 4.74 Å². The fourth-order valence-electron chi connectivity index (χ4n) is 3.08. The molecule has 0 aliphatic carbocycles. The predicted octanol–water partition coefficient (Wildman–Crippen LogP) is 5.40. The molecule has 2 aromatic rings. The summed E-state index contributed by atoms with van der Waals surface area (Å²) in [6, 6.07) is 15.2. The average Bonchev–Trinajstić information content (AvgIpc) is 2.63. The van der Waals surface area contributed by atoms with Gasteiger partial charge in [0.1, 0.15) is 5.75 Å². The van der Waals surface area contributed by atoms with Gasteiger partial charge in [0.15, 0.2) is 0 Å². The van der Waals surface area contributed by atoms with E-state index in [1.54, 1.807) is 6.92 Å². The lowest BCUT2D eigenvalue weighted by Crippen LogP contribution is -2.25. The second-order valence-corrected chi connectivity index (χ2v) is 6.48. The van der Waals surface area contributed by atoms with Gasteiger partial charge in [-0.1, -0.05) is 50.2 Å². The van der Waals surface area contributed by atoms with Gasteiger partial charge in [0.05, 0.1) is 12.5 Å². The number of benzene rings is 2. The highest BCUT2D eigenvalue weighted by Gasteiger charge is 2.29. The van der Waals surface area contributed by atoms with Crippen molar-refractivity contribution in [2.24, 2.45) is 0 Å². The smallest absolute Gasteiger partial charge is 0.221 e. The number of nitro groups is 1. The van der Waals surface area contributed by atoms with Crippen molar-refractivity contribution in [3.63, 3.8) is 0 Å². The van der Waals surface area contributed by atoms with Gasteiger partial charge >= 0.3 is 0 Å². The lowest BCUT2D eigenvalue weighted by Gasteiger charge is -2.20. The lowest BCUT2D eigenvalue weighted by molar-refractivity contribution is -0.520. The van der Waals surface area contributed by atoms with Crippen molar-refractivity contribution in [1.29, 1.82) is 0 Å². The molecular formula is C21H27NO3. The van der Waals surface area contributed by atoms with Crippen LogP contribution >= 0.6 is 0 Å². The van der Waals surface area contributed by atoms with Crippen molar-refractivity contribution in [1.82, 2.24) is 0 Å². The Balaban J connectivity index is 2.37. The fraction of sp³-hybridized carbons (Fsp3) is 0.429. The monoisotopic (exact) mass is 341 g/mol. The summed E-state index contributed by atoms with van der Waals surface area (Å²) < 4.78 is 5.47. The number of ether oxygens (including phenoxy) is 1. The normalized spacial score (nSPS) is 14.6. The molecule has 0 fully saturated rings. The Morgan fingerprint density at radius 3 is 1.84 bits per heavy atom. The van der Waals surface area contributed by atoms with Gasteiger partial charge in [-0.3, -0.25) is 10.1 Å². The van der Waals surface area contributed by atoms with Crippen molar-refractivity contribution in [3.8, 4) is 5.75 Å². The van der Waals surface area contributed by atoms with Crippen LogP contribution in [0.3, 0.4) is 0 Å². The zero-order chi connectivity index (χ0) is 18.4. The lowest BCUT2D eigenvalue weighted by atomic mass is 9.85. The molecule has 0 saturated heterocycles. The molecule has 0 amide bonds. The van der Waals surface area contributed by atoms with E-state index in [0.717, 1.165) is 23.3 Å². The molecule has 0 aliphatic heterocycles. The molecule has 3 unspecified atom stereocenters. The third-order valence-electron chi connectivity index (χ3n) is 4.84. The molecular weight excluding hydrogens is 314 g/mol. The van der Waals surface area contributed by atoms with Crippen LogP contribution in [0.1, 0.15) is 62.6 Å². The molecule has 134 valence electrons. The SMILES string of the molecule is CCOc1ccc(C(c2ccc(C(C)CC)cc2)C(C)[N+](=O)[O-])cc1. The van der Waals surface area contributed by atoms with Crippen LogP contribution in [0.5, 0.6) is 5.75 Å². The predicted molar refractivity (Wildman–Crippen MR) is 101 cm³/mol. The summed E-state index contributed by atoms with van der Waals surface area (Å²) in [5.41, 5.74) is 3.18. The summed E-state index contributed by atoms with van der Waals surface area (Å²) in [7, 11) is 0. The van der Waals surface area contributed by atoms with Gasteiger partial charge in [-0.15, -0.1) is 0 Å². The first-order chi connectivity index (χ1) is 12.0. The third-order valence-corrected chi connectivity index (χ3v) is 4.84. The summed E-state index contributed by atoms with van der Waals surface area (Å²) in [5, 5.41) is 11.5. The molecule has 3 atom stereocenters. The molecule has 4 nitrogen and oxygen atoms in total. The van der Waals surface area contributed by atoms with E-state index >= 15 is 0 Å². The minimum Gasteiger partial charge on any atom is -0.494 e. The molecule has 4 heteroatoms. The summed E-state index contributed by atoms with van der Waals surface area (Å²) in [5.74, 6) is 0.994.